The number of nitrogens with zero attached hydrogens (tertiary/aromatic N) is 1. The lowest BCUT2D eigenvalue weighted by atomic mass is 10.2. The molecule has 1 aliphatic heterocycles. The van der Waals surface area contributed by atoms with Gasteiger partial charge in [-0.2, -0.15) is 4.31 Å². The van der Waals surface area contributed by atoms with E-state index < -0.39 is 27.8 Å². The van der Waals surface area contributed by atoms with Gasteiger partial charge in [0.25, 0.3) is 0 Å². The van der Waals surface area contributed by atoms with Crippen molar-refractivity contribution >= 4 is 15.9 Å². The molecule has 0 unspecified atom stereocenters. The summed E-state index contributed by atoms with van der Waals surface area (Å²) in [5.41, 5.74) is 5.18. The lowest BCUT2D eigenvalue weighted by Crippen LogP contribution is -2.43. The molecule has 112 valence electrons. The van der Waals surface area contributed by atoms with Crippen molar-refractivity contribution < 1.29 is 17.6 Å². The van der Waals surface area contributed by atoms with Gasteiger partial charge in [0.1, 0.15) is 11.9 Å². The molecule has 0 saturated carbocycles. The predicted octanol–water partition coefficient (Wildman–Crippen LogP) is 1.49. The van der Waals surface area contributed by atoms with Gasteiger partial charge in [0, 0.05) is 6.54 Å². The van der Waals surface area contributed by atoms with E-state index >= 15 is 0 Å². The van der Waals surface area contributed by atoms with Crippen LogP contribution in [0.15, 0.2) is 29.2 Å². The summed E-state index contributed by atoms with van der Waals surface area (Å²) >= 11 is 0. The number of halogens is 1. The van der Waals surface area contributed by atoms with E-state index in [0.717, 1.165) is 16.4 Å². The van der Waals surface area contributed by atoms with Gasteiger partial charge < -0.3 is 5.73 Å². The Morgan fingerprint density at radius 1 is 1.30 bits per heavy atom. The highest BCUT2D eigenvalue weighted by molar-refractivity contribution is 7.89. The molecular weight excluding hydrogens is 283 g/mol. The Bertz CT molecular complexity index is 557. The third kappa shape index (κ3) is 3.34. The van der Waals surface area contributed by atoms with Crippen LogP contribution in [0.2, 0.25) is 0 Å². The molecule has 1 fully saturated rings. The van der Waals surface area contributed by atoms with Gasteiger partial charge in [0.15, 0.2) is 0 Å². The summed E-state index contributed by atoms with van der Waals surface area (Å²) in [6.07, 6.45) is 1.02. The molecule has 20 heavy (non-hydrogen) atoms. The molecule has 1 atom stereocenters. The standard InChI is InChI=1S/C11H13FN2O3S.C2H6/c12-8-3-5-9(6-4-8)18(16,17)14-7-1-2-10(14)11(13)15;1-2/h3-6,10H,1-2,7H2,(H2,13,15);1-2H3/t10-;/m0./s1. The van der Waals surface area contributed by atoms with Crippen molar-refractivity contribution in [1.29, 1.82) is 0 Å². The highest BCUT2D eigenvalue weighted by Gasteiger charge is 2.38. The van der Waals surface area contributed by atoms with E-state index in [1.54, 1.807) is 0 Å². The van der Waals surface area contributed by atoms with Gasteiger partial charge in [-0.3, -0.25) is 4.79 Å². The van der Waals surface area contributed by atoms with Gasteiger partial charge in [-0.15, -0.1) is 0 Å². The van der Waals surface area contributed by atoms with Crippen LogP contribution in [-0.4, -0.2) is 31.2 Å². The molecule has 0 aromatic heterocycles. The number of hydrogen-bond acceptors (Lipinski definition) is 3. The molecule has 1 aromatic carbocycles. The fraction of sp³-hybridized carbons (Fsp3) is 0.462. The lowest BCUT2D eigenvalue weighted by molar-refractivity contribution is -0.121. The Morgan fingerprint density at radius 3 is 2.35 bits per heavy atom. The highest BCUT2D eigenvalue weighted by atomic mass is 32.2. The fourth-order valence-electron chi connectivity index (χ4n) is 2.05. The van der Waals surface area contributed by atoms with E-state index in [1.165, 1.54) is 12.1 Å². The summed E-state index contributed by atoms with van der Waals surface area (Å²) in [4.78, 5) is 11.2. The van der Waals surface area contributed by atoms with Crippen LogP contribution in [0.5, 0.6) is 0 Å². The van der Waals surface area contributed by atoms with Crippen molar-refractivity contribution in [3.05, 3.63) is 30.1 Å². The normalized spacial score (nSPS) is 19.2. The van der Waals surface area contributed by atoms with E-state index in [9.17, 15) is 17.6 Å². The maximum Gasteiger partial charge on any atom is 0.243 e. The molecule has 1 aromatic rings. The van der Waals surface area contributed by atoms with Crippen molar-refractivity contribution in [2.75, 3.05) is 6.54 Å². The zero-order chi connectivity index (χ0) is 15.3. The number of carbonyl (C=O) groups is 1. The quantitative estimate of drug-likeness (QED) is 0.918. The minimum Gasteiger partial charge on any atom is -0.368 e. The molecule has 5 nitrogen and oxygen atoms in total. The molecular formula is C13H19FN2O3S. The van der Waals surface area contributed by atoms with Crippen LogP contribution in [0.3, 0.4) is 0 Å². The molecule has 1 saturated heterocycles. The number of nitrogens with two attached hydrogens (primary N) is 1. The maximum absolute atomic E-state index is 12.8. The summed E-state index contributed by atoms with van der Waals surface area (Å²) in [5.74, 6) is -1.17. The molecule has 1 amide bonds. The topological polar surface area (TPSA) is 80.5 Å². The first-order valence-electron chi connectivity index (χ1n) is 6.49. The van der Waals surface area contributed by atoms with Crippen molar-refractivity contribution in [1.82, 2.24) is 4.31 Å². The van der Waals surface area contributed by atoms with E-state index in [-0.39, 0.29) is 11.4 Å². The number of benzene rings is 1. The zero-order valence-electron chi connectivity index (χ0n) is 11.5. The molecule has 0 aliphatic carbocycles. The van der Waals surface area contributed by atoms with E-state index in [2.05, 4.69) is 0 Å². The average molecular weight is 302 g/mol. The average Bonchev–Trinajstić information content (AvgIpc) is 2.91. The zero-order valence-corrected chi connectivity index (χ0v) is 12.4. The summed E-state index contributed by atoms with van der Waals surface area (Å²) in [6.45, 7) is 4.26. The van der Waals surface area contributed by atoms with Gasteiger partial charge in [-0.05, 0) is 37.1 Å². The Labute approximate surface area is 118 Å². The predicted molar refractivity (Wildman–Crippen MR) is 73.9 cm³/mol. The van der Waals surface area contributed by atoms with Crippen LogP contribution in [-0.2, 0) is 14.8 Å². The Morgan fingerprint density at radius 2 is 1.85 bits per heavy atom. The second kappa shape index (κ2) is 6.81. The third-order valence-electron chi connectivity index (χ3n) is 2.95. The molecule has 0 bridgehead atoms. The van der Waals surface area contributed by atoms with Crippen molar-refractivity contribution in [3.63, 3.8) is 0 Å². The molecule has 2 rings (SSSR count). The Balaban J connectivity index is 0.000000956. The van der Waals surface area contributed by atoms with E-state index in [1.807, 2.05) is 13.8 Å². The molecule has 0 radical (unpaired) electrons. The van der Waals surface area contributed by atoms with E-state index in [4.69, 9.17) is 5.73 Å². The number of sulfonamides is 1. The first kappa shape index (κ1) is 16.6. The summed E-state index contributed by atoms with van der Waals surface area (Å²) in [6, 6.07) is 3.70. The minimum atomic E-state index is -3.78. The lowest BCUT2D eigenvalue weighted by Gasteiger charge is -2.21. The monoisotopic (exact) mass is 302 g/mol. The molecule has 2 N–H and O–H groups in total. The molecule has 7 heteroatoms. The second-order valence-electron chi connectivity index (χ2n) is 4.13. The number of hydrogen-bond donors (Lipinski definition) is 1. The van der Waals surface area contributed by atoms with Crippen molar-refractivity contribution in [2.45, 2.75) is 37.6 Å². The van der Waals surface area contributed by atoms with Gasteiger partial charge >= 0.3 is 0 Å². The maximum atomic E-state index is 12.8. The van der Waals surface area contributed by atoms with E-state index in [0.29, 0.717) is 12.8 Å². The van der Waals surface area contributed by atoms with Gasteiger partial charge in [-0.25, -0.2) is 12.8 Å². The summed E-state index contributed by atoms with van der Waals surface area (Å²) in [5, 5.41) is 0. The molecule has 1 aliphatic rings. The van der Waals surface area contributed by atoms with Crippen LogP contribution >= 0.6 is 0 Å². The molecule has 0 spiro atoms. The van der Waals surface area contributed by atoms with Crippen LogP contribution in [0.25, 0.3) is 0 Å². The van der Waals surface area contributed by atoms with Crippen LogP contribution in [0.4, 0.5) is 4.39 Å². The SMILES string of the molecule is CC.NC(=O)[C@@H]1CCCN1S(=O)(=O)c1ccc(F)cc1. The van der Waals surface area contributed by atoms with Crippen molar-refractivity contribution in [3.8, 4) is 0 Å². The largest absolute Gasteiger partial charge is 0.368 e. The smallest absolute Gasteiger partial charge is 0.243 e. The Hall–Kier alpha value is -1.47. The summed E-state index contributed by atoms with van der Waals surface area (Å²) < 4.78 is 38.4. The minimum absolute atomic E-state index is 0.0305. The number of primary amides is 1. The van der Waals surface area contributed by atoms with Gasteiger partial charge in [0.05, 0.1) is 4.90 Å². The van der Waals surface area contributed by atoms with Gasteiger partial charge in [-0.1, -0.05) is 13.8 Å². The van der Waals surface area contributed by atoms with Gasteiger partial charge in [0.2, 0.25) is 15.9 Å². The number of rotatable bonds is 3. The number of carbonyl (C=O) groups excluding carboxylic acids is 1. The highest BCUT2D eigenvalue weighted by Crippen LogP contribution is 2.25. The third-order valence-corrected chi connectivity index (χ3v) is 4.87. The fourth-order valence-corrected chi connectivity index (χ4v) is 3.72. The number of amides is 1. The summed E-state index contributed by atoms with van der Waals surface area (Å²) in [7, 11) is -3.78. The van der Waals surface area contributed by atoms with Crippen LogP contribution < -0.4 is 5.73 Å². The first-order valence-corrected chi connectivity index (χ1v) is 7.93. The Kier molecular flexibility index (Phi) is 5.64. The van der Waals surface area contributed by atoms with Crippen LogP contribution in [0, 0.1) is 5.82 Å². The van der Waals surface area contributed by atoms with Crippen molar-refractivity contribution in [2.24, 2.45) is 5.73 Å². The molecule has 1 heterocycles. The second-order valence-corrected chi connectivity index (χ2v) is 6.02. The first-order chi connectivity index (χ1) is 9.43. The van der Waals surface area contributed by atoms with Crippen LogP contribution in [0.1, 0.15) is 26.7 Å².